The number of rotatable bonds is 10. The molecule has 0 aromatic heterocycles. The van der Waals surface area contributed by atoms with Crippen molar-refractivity contribution in [1.82, 2.24) is 4.72 Å². The van der Waals surface area contributed by atoms with Gasteiger partial charge in [-0.05, 0) is 76.3 Å². The van der Waals surface area contributed by atoms with Crippen molar-refractivity contribution in [3.63, 3.8) is 0 Å². The normalized spacial score (nSPS) is 13.3. The third-order valence-electron chi connectivity index (χ3n) is 6.74. The van der Waals surface area contributed by atoms with Crippen LogP contribution in [0.1, 0.15) is 113 Å². The number of hydrogen-bond acceptors (Lipinski definition) is 3. The number of phenolic OH excluding ortho intramolecular Hbond substituents is 2. The van der Waals surface area contributed by atoms with Crippen molar-refractivity contribution in [3.05, 3.63) is 47.5 Å². The van der Waals surface area contributed by atoms with Crippen LogP contribution in [-0.2, 0) is 27.3 Å². The SMILES string of the molecule is CCCCN[SH](c1cc(C(C)(C)CC(C)(C)C)ccc1O)c1cc(C(C)(C)CC(C)(C)C)ccc1O.[Ni]. The first-order chi connectivity index (χ1) is 16.4. The molecule has 0 unspecified atom stereocenters. The second kappa shape index (κ2) is 12.8. The molecule has 2 rings (SSSR count). The van der Waals surface area contributed by atoms with Crippen molar-refractivity contribution >= 4 is 11.1 Å². The van der Waals surface area contributed by atoms with Crippen molar-refractivity contribution in [2.24, 2.45) is 10.8 Å². The van der Waals surface area contributed by atoms with Crippen LogP contribution in [0.15, 0.2) is 46.2 Å². The molecule has 0 saturated heterocycles. The van der Waals surface area contributed by atoms with Gasteiger partial charge in [0.1, 0.15) is 11.5 Å². The van der Waals surface area contributed by atoms with Crippen LogP contribution in [0.5, 0.6) is 11.5 Å². The van der Waals surface area contributed by atoms with Gasteiger partial charge in [0.05, 0.1) is 0 Å². The molecule has 3 nitrogen and oxygen atoms in total. The van der Waals surface area contributed by atoms with Crippen LogP contribution in [0, 0.1) is 10.8 Å². The molecular weight excluding hydrogens is 521 g/mol. The van der Waals surface area contributed by atoms with Gasteiger partial charge in [-0.25, -0.2) is 0 Å². The van der Waals surface area contributed by atoms with Crippen molar-refractivity contribution in [1.29, 1.82) is 0 Å². The second-order valence-corrected chi connectivity index (χ2v) is 16.2. The number of hydrogen-bond donors (Lipinski definition) is 4. The van der Waals surface area contributed by atoms with E-state index in [9.17, 15) is 10.2 Å². The van der Waals surface area contributed by atoms with E-state index in [2.05, 4.69) is 105 Å². The Hall–Kier alpha value is -1.16. The molecular formula is C32H53NNiO2S. The summed E-state index contributed by atoms with van der Waals surface area (Å²) in [4.78, 5) is 1.78. The van der Waals surface area contributed by atoms with Gasteiger partial charge in [0.15, 0.2) is 0 Å². The summed E-state index contributed by atoms with van der Waals surface area (Å²) in [6.07, 6.45) is 4.20. The maximum absolute atomic E-state index is 11.1. The first-order valence-corrected chi connectivity index (χ1v) is 14.9. The van der Waals surface area contributed by atoms with E-state index in [1.54, 1.807) is 0 Å². The fourth-order valence-electron chi connectivity index (χ4n) is 5.77. The van der Waals surface area contributed by atoms with Crippen LogP contribution in [0.25, 0.3) is 0 Å². The number of aromatic hydroxyl groups is 2. The summed E-state index contributed by atoms with van der Waals surface area (Å²) in [5.41, 5.74) is 2.75. The Morgan fingerprint density at radius 2 is 1.05 bits per heavy atom. The van der Waals surface area contributed by atoms with E-state index in [1.165, 1.54) is 11.1 Å². The van der Waals surface area contributed by atoms with E-state index < -0.39 is 11.1 Å². The van der Waals surface area contributed by atoms with Crippen LogP contribution >= 0.6 is 11.1 Å². The molecule has 0 aliphatic heterocycles. The molecule has 0 aliphatic rings. The van der Waals surface area contributed by atoms with Gasteiger partial charge in [0.2, 0.25) is 0 Å². The average molecular weight is 575 g/mol. The molecule has 0 heterocycles. The zero-order valence-corrected chi connectivity index (χ0v) is 27.0. The van der Waals surface area contributed by atoms with Gasteiger partial charge in [0.25, 0.3) is 0 Å². The molecule has 0 fully saturated rings. The molecule has 37 heavy (non-hydrogen) atoms. The standard InChI is InChI=1S/C32H53NO2S.Ni/c1-12-13-18-33-36(27-19-23(14-16-25(27)34)31(8,9)21-29(2,3)4)28-20-24(15-17-26(28)35)32(10,11)22-30(5,6)7;/h14-17,19-20,33-36H,12-13,18,21-22H2,1-11H3;. The van der Waals surface area contributed by atoms with Crippen LogP contribution in [-0.4, -0.2) is 16.8 Å². The predicted molar refractivity (Wildman–Crippen MR) is 159 cm³/mol. The van der Waals surface area contributed by atoms with Crippen molar-refractivity contribution in [2.75, 3.05) is 6.54 Å². The minimum atomic E-state index is -1.15. The van der Waals surface area contributed by atoms with E-state index in [-0.39, 0.29) is 38.2 Å². The fraction of sp³-hybridized carbons (Fsp3) is 0.625. The van der Waals surface area contributed by atoms with Crippen molar-refractivity contribution in [3.8, 4) is 11.5 Å². The minimum Gasteiger partial charge on any atom is -0.507 e. The molecule has 0 spiro atoms. The van der Waals surface area contributed by atoms with E-state index in [0.29, 0.717) is 11.5 Å². The number of unbranched alkanes of at least 4 members (excludes halogenated alkanes) is 1. The molecule has 2 aromatic rings. The Bertz CT molecular complexity index is 941. The second-order valence-electron chi connectivity index (χ2n) is 14.2. The monoisotopic (exact) mass is 573 g/mol. The van der Waals surface area contributed by atoms with Crippen LogP contribution < -0.4 is 4.72 Å². The van der Waals surface area contributed by atoms with Gasteiger partial charge < -0.3 is 10.2 Å². The Morgan fingerprint density at radius 3 is 1.38 bits per heavy atom. The molecule has 0 atom stereocenters. The molecule has 0 amide bonds. The zero-order valence-electron chi connectivity index (χ0n) is 25.2. The summed E-state index contributed by atoms with van der Waals surface area (Å²) < 4.78 is 3.73. The molecule has 0 saturated carbocycles. The van der Waals surface area contributed by atoms with E-state index >= 15 is 0 Å². The quantitative estimate of drug-likeness (QED) is 0.130. The van der Waals surface area contributed by atoms with Crippen LogP contribution in [0.3, 0.4) is 0 Å². The molecule has 0 aliphatic carbocycles. The topological polar surface area (TPSA) is 52.5 Å². The predicted octanol–water partition coefficient (Wildman–Crippen LogP) is 9.25. The summed E-state index contributed by atoms with van der Waals surface area (Å²) in [5, 5.41) is 22.2. The summed E-state index contributed by atoms with van der Waals surface area (Å²) in [6, 6.07) is 12.2. The van der Waals surface area contributed by atoms with E-state index in [1.807, 2.05) is 12.1 Å². The molecule has 3 N–H and O–H groups in total. The first-order valence-electron chi connectivity index (χ1n) is 13.6. The maximum Gasteiger partial charge on any atom is 0.128 e. The number of nitrogens with one attached hydrogen (secondary N) is 1. The van der Waals surface area contributed by atoms with Crippen molar-refractivity contribution in [2.45, 2.75) is 122 Å². The van der Waals surface area contributed by atoms with Crippen molar-refractivity contribution < 1.29 is 26.7 Å². The number of benzene rings is 2. The van der Waals surface area contributed by atoms with Gasteiger partial charge in [0, 0.05) is 32.8 Å². The van der Waals surface area contributed by atoms with E-state index in [0.717, 1.165) is 42.0 Å². The van der Waals surface area contributed by atoms with Gasteiger partial charge in [-0.15, -0.1) is 11.1 Å². The molecule has 2 aromatic carbocycles. The van der Waals surface area contributed by atoms with Gasteiger partial charge in [-0.2, -0.15) is 0 Å². The molecule has 0 radical (unpaired) electrons. The Balaban J connectivity index is 0.00000684. The van der Waals surface area contributed by atoms with Gasteiger partial charge in [-0.1, -0.05) is 94.7 Å². The Kier molecular flexibility index (Phi) is 11.7. The summed E-state index contributed by atoms with van der Waals surface area (Å²) in [6.45, 7) is 25.8. The smallest absolute Gasteiger partial charge is 0.128 e. The first kappa shape index (κ1) is 33.9. The van der Waals surface area contributed by atoms with Gasteiger partial charge in [-0.3, -0.25) is 4.72 Å². The largest absolute Gasteiger partial charge is 0.507 e. The average Bonchev–Trinajstić information content (AvgIpc) is 2.69. The summed E-state index contributed by atoms with van der Waals surface area (Å²) in [7, 11) is 0. The Labute approximate surface area is 240 Å². The molecule has 0 bridgehead atoms. The summed E-state index contributed by atoms with van der Waals surface area (Å²) >= 11 is -1.15. The maximum atomic E-state index is 11.1. The Morgan fingerprint density at radius 1 is 0.676 bits per heavy atom. The number of phenols is 2. The minimum absolute atomic E-state index is 0. The number of thiol groups is 1. The molecule has 5 heteroatoms. The van der Waals surface area contributed by atoms with Crippen LogP contribution in [0.2, 0.25) is 0 Å². The fourth-order valence-corrected chi connectivity index (χ4v) is 7.90. The summed E-state index contributed by atoms with van der Waals surface area (Å²) in [5.74, 6) is 0.582. The van der Waals surface area contributed by atoms with E-state index in [4.69, 9.17) is 0 Å². The molecule has 214 valence electrons. The third kappa shape index (κ3) is 9.83. The van der Waals surface area contributed by atoms with Gasteiger partial charge >= 0.3 is 0 Å². The van der Waals surface area contributed by atoms with Crippen LogP contribution in [0.4, 0.5) is 0 Å². The third-order valence-corrected chi connectivity index (χ3v) is 8.96. The zero-order chi connectivity index (χ0) is 27.5.